The molecule has 8 heteroatoms. The second kappa shape index (κ2) is 8.64. The normalized spacial score (nSPS) is 12.3. The molecule has 0 aliphatic carbocycles. The van der Waals surface area contributed by atoms with Crippen molar-refractivity contribution in [3.63, 3.8) is 0 Å². The summed E-state index contributed by atoms with van der Waals surface area (Å²) in [5.41, 5.74) is 1.49. The quantitative estimate of drug-likeness (QED) is 0.730. The Hall–Kier alpha value is -2.93. The van der Waals surface area contributed by atoms with E-state index in [0.29, 0.717) is 42.7 Å². The summed E-state index contributed by atoms with van der Waals surface area (Å²) >= 11 is 5.78. The third kappa shape index (κ3) is 4.83. The molecule has 27 heavy (non-hydrogen) atoms. The molecule has 7 nitrogen and oxygen atoms in total. The molecule has 2 aromatic carbocycles. The van der Waals surface area contributed by atoms with E-state index in [2.05, 4.69) is 0 Å². The number of aliphatic carboxylic acids is 1. The fraction of sp³-hybridized carbons (Fsp3) is 0.263. The molecule has 0 saturated heterocycles. The fourth-order valence-corrected chi connectivity index (χ4v) is 2.76. The standard InChI is InChI=1S/C19H18ClNO6/c20-10-18(22)21(14-3-6-16-17(9-14)26-8-7-25-16)11-13-1-4-15(5-2-13)27-12-19(23)24/h1-6,9H,7-8,10-12H2,(H,23,24). The number of hydrogen-bond acceptors (Lipinski definition) is 5. The highest BCUT2D eigenvalue weighted by atomic mass is 35.5. The van der Waals surface area contributed by atoms with Gasteiger partial charge in [-0.25, -0.2) is 4.79 Å². The van der Waals surface area contributed by atoms with E-state index < -0.39 is 12.6 Å². The summed E-state index contributed by atoms with van der Waals surface area (Å²) < 4.78 is 16.2. The molecule has 0 radical (unpaired) electrons. The zero-order valence-electron chi connectivity index (χ0n) is 14.4. The summed E-state index contributed by atoms with van der Waals surface area (Å²) in [7, 11) is 0. The molecule has 0 spiro atoms. The summed E-state index contributed by atoms with van der Waals surface area (Å²) in [6, 6.07) is 12.1. The SMILES string of the molecule is O=C(O)COc1ccc(CN(C(=O)CCl)c2ccc3c(c2)OCCO3)cc1. The van der Waals surface area contributed by atoms with E-state index in [0.717, 1.165) is 5.56 Å². The molecule has 1 amide bonds. The lowest BCUT2D eigenvalue weighted by Crippen LogP contribution is -2.31. The van der Waals surface area contributed by atoms with Crippen LogP contribution in [-0.4, -0.2) is 42.7 Å². The molecule has 0 saturated carbocycles. The van der Waals surface area contributed by atoms with Gasteiger partial charge in [-0.05, 0) is 29.8 Å². The van der Waals surface area contributed by atoms with Gasteiger partial charge in [0.2, 0.25) is 5.91 Å². The van der Waals surface area contributed by atoms with Crippen molar-refractivity contribution in [3.8, 4) is 17.2 Å². The van der Waals surface area contributed by atoms with E-state index in [1.54, 1.807) is 47.4 Å². The number of hydrogen-bond donors (Lipinski definition) is 1. The van der Waals surface area contributed by atoms with E-state index in [1.807, 2.05) is 0 Å². The van der Waals surface area contributed by atoms with Crippen molar-refractivity contribution in [1.82, 2.24) is 0 Å². The molecule has 0 fully saturated rings. The molecule has 1 N–H and O–H groups in total. The molecule has 1 heterocycles. The molecule has 0 unspecified atom stereocenters. The van der Waals surface area contributed by atoms with Crippen molar-refractivity contribution in [2.24, 2.45) is 0 Å². The van der Waals surface area contributed by atoms with Crippen molar-refractivity contribution < 1.29 is 28.9 Å². The second-order valence-corrected chi connectivity index (χ2v) is 6.04. The number of fused-ring (bicyclic) bond motifs is 1. The number of amides is 1. The maximum atomic E-state index is 12.4. The number of carboxylic acids is 1. The lowest BCUT2D eigenvalue weighted by molar-refractivity contribution is -0.139. The van der Waals surface area contributed by atoms with Crippen LogP contribution >= 0.6 is 11.6 Å². The summed E-state index contributed by atoms with van der Waals surface area (Å²) in [4.78, 5) is 24.5. The third-order valence-electron chi connectivity index (χ3n) is 3.88. The fourth-order valence-electron chi connectivity index (χ4n) is 2.61. The molecule has 3 rings (SSSR count). The first kappa shape index (κ1) is 18.8. The van der Waals surface area contributed by atoms with Crippen LogP contribution in [0.5, 0.6) is 17.2 Å². The highest BCUT2D eigenvalue weighted by molar-refractivity contribution is 6.29. The van der Waals surface area contributed by atoms with Crippen molar-refractivity contribution in [1.29, 1.82) is 0 Å². The van der Waals surface area contributed by atoms with Crippen LogP contribution in [0.1, 0.15) is 5.56 Å². The van der Waals surface area contributed by atoms with Crippen LogP contribution in [0.2, 0.25) is 0 Å². The van der Waals surface area contributed by atoms with Crippen LogP contribution in [0, 0.1) is 0 Å². The number of carboxylic acid groups (broad SMARTS) is 1. The number of carbonyl (C=O) groups is 2. The Labute approximate surface area is 161 Å². The molecule has 1 aliphatic rings. The van der Waals surface area contributed by atoms with Crippen molar-refractivity contribution in [3.05, 3.63) is 48.0 Å². The highest BCUT2D eigenvalue weighted by Gasteiger charge is 2.19. The lowest BCUT2D eigenvalue weighted by Gasteiger charge is -2.25. The van der Waals surface area contributed by atoms with Gasteiger partial charge in [0.1, 0.15) is 24.8 Å². The van der Waals surface area contributed by atoms with E-state index in [1.165, 1.54) is 0 Å². The number of anilines is 1. The van der Waals surface area contributed by atoms with Gasteiger partial charge < -0.3 is 24.2 Å². The Bertz CT molecular complexity index is 823. The van der Waals surface area contributed by atoms with Crippen molar-refractivity contribution in [2.45, 2.75) is 6.54 Å². The van der Waals surface area contributed by atoms with Crippen LogP contribution in [0.15, 0.2) is 42.5 Å². The molecular weight excluding hydrogens is 374 g/mol. The van der Waals surface area contributed by atoms with Crippen LogP contribution in [0.3, 0.4) is 0 Å². The van der Waals surface area contributed by atoms with Gasteiger partial charge in [-0.2, -0.15) is 0 Å². The van der Waals surface area contributed by atoms with E-state index in [9.17, 15) is 9.59 Å². The number of ether oxygens (including phenoxy) is 3. The molecule has 0 bridgehead atoms. The van der Waals surface area contributed by atoms with Gasteiger partial charge in [-0.1, -0.05) is 12.1 Å². The summed E-state index contributed by atoms with van der Waals surface area (Å²) in [6.07, 6.45) is 0. The average molecular weight is 392 g/mol. The first-order valence-electron chi connectivity index (χ1n) is 8.26. The summed E-state index contributed by atoms with van der Waals surface area (Å²) in [5, 5.41) is 8.65. The van der Waals surface area contributed by atoms with Crippen LogP contribution < -0.4 is 19.1 Å². The number of rotatable bonds is 7. The predicted octanol–water partition coefficient (Wildman–Crippen LogP) is 2.69. The van der Waals surface area contributed by atoms with Gasteiger partial charge in [0.25, 0.3) is 0 Å². The van der Waals surface area contributed by atoms with Gasteiger partial charge in [0, 0.05) is 11.8 Å². The van der Waals surface area contributed by atoms with Gasteiger partial charge >= 0.3 is 5.97 Å². The molecular formula is C19H18ClNO6. The topological polar surface area (TPSA) is 85.3 Å². The Kier molecular flexibility index (Phi) is 6.03. The monoisotopic (exact) mass is 391 g/mol. The highest BCUT2D eigenvalue weighted by Crippen LogP contribution is 2.34. The van der Waals surface area contributed by atoms with Crippen molar-refractivity contribution in [2.75, 3.05) is 30.6 Å². The second-order valence-electron chi connectivity index (χ2n) is 5.77. The largest absolute Gasteiger partial charge is 0.486 e. The summed E-state index contributed by atoms with van der Waals surface area (Å²) in [6.45, 7) is 0.836. The number of benzene rings is 2. The van der Waals surface area contributed by atoms with Gasteiger partial charge in [0.15, 0.2) is 18.1 Å². The number of carbonyl (C=O) groups excluding carboxylic acids is 1. The van der Waals surface area contributed by atoms with Crippen molar-refractivity contribution >= 4 is 29.2 Å². The molecule has 0 atom stereocenters. The first-order chi connectivity index (χ1) is 13.1. The maximum absolute atomic E-state index is 12.4. The third-order valence-corrected chi connectivity index (χ3v) is 4.11. The summed E-state index contributed by atoms with van der Waals surface area (Å²) in [5.74, 6) is 0.215. The van der Waals surface area contributed by atoms with E-state index >= 15 is 0 Å². The van der Waals surface area contributed by atoms with E-state index in [-0.39, 0.29) is 11.8 Å². The lowest BCUT2D eigenvalue weighted by atomic mass is 10.1. The van der Waals surface area contributed by atoms with Gasteiger partial charge in [0.05, 0.1) is 6.54 Å². The maximum Gasteiger partial charge on any atom is 0.341 e. The molecule has 142 valence electrons. The van der Waals surface area contributed by atoms with Crippen LogP contribution in [-0.2, 0) is 16.1 Å². The number of halogens is 1. The van der Waals surface area contributed by atoms with Crippen LogP contribution in [0.4, 0.5) is 5.69 Å². The molecule has 2 aromatic rings. The smallest absolute Gasteiger partial charge is 0.341 e. The minimum absolute atomic E-state index is 0.158. The Morgan fingerprint density at radius 3 is 2.44 bits per heavy atom. The minimum atomic E-state index is -1.04. The zero-order chi connectivity index (χ0) is 19.2. The zero-order valence-corrected chi connectivity index (χ0v) is 15.1. The number of nitrogens with zero attached hydrogens (tertiary/aromatic N) is 1. The number of alkyl halides is 1. The Morgan fingerprint density at radius 1 is 1.07 bits per heavy atom. The Balaban J connectivity index is 1.77. The van der Waals surface area contributed by atoms with E-state index in [4.69, 9.17) is 30.9 Å². The van der Waals surface area contributed by atoms with Gasteiger partial charge in [-0.15, -0.1) is 11.6 Å². The van der Waals surface area contributed by atoms with Gasteiger partial charge in [-0.3, -0.25) is 4.79 Å². The molecule has 0 aromatic heterocycles. The molecule has 1 aliphatic heterocycles. The van der Waals surface area contributed by atoms with Crippen LogP contribution in [0.25, 0.3) is 0 Å². The predicted molar refractivity (Wildman–Crippen MR) is 98.9 cm³/mol. The average Bonchev–Trinajstić information content (AvgIpc) is 2.70. The first-order valence-corrected chi connectivity index (χ1v) is 8.80. The Morgan fingerprint density at radius 2 is 1.78 bits per heavy atom. The minimum Gasteiger partial charge on any atom is -0.486 e.